The first-order valence-corrected chi connectivity index (χ1v) is 9.34. The number of methoxy groups -OCH3 is 1. The summed E-state index contributed by atoms with van der Waals surface area (Å²) in [6.07, 6.45) is 4.15. The van der Waals surface area contributed by atoms with Gasteiger partial charge in [0.1, 0.15) is 0 Å². The Morgan fingerprint density at radius 2 is 2.11 bits per heavy atom. The van der Waals surface area contributed by atoms with Crippen molar-refractivity contribution in [2.45, 2.75) is 57.7 Å². The zero-order valence-corrected chi connectivity index (χ0v) is 15.8. The SMILES string of the molecule is CCCNC(=O)[C@H]1CC[C@@H](OC)[C@H](NC(=O)CCn2ccc(=O)[nH]c2=O)C1. The molecule has 1 saturated carbocycles. The topological polar surface area (TPSA) is 122 Å². The number of hydrogen-bond donors (Lipinski definition) is 3. The van der Waals surface area contributed by atoms with Crippen LogP contribution in [0.4, 0.5) is 0 Å². The van der Waals surface area contributed by atoms with E-state index in [1.54, 1.807) is 7.11 Å². The van der Waals surface area contributed by atoms with Crippen LogP contribution in [0.5, 0.6) is 0 Å². The lowest BCUT2D eigenvalue weighted by molar-refractivity contribution is -0.130. The lowest BCUT2D eigenvalue weighted by Gasteiger charge is -2.35. The van der Waals surface area contributed by atoms with E-state index >= 15 is 0 Å². The van der Waals surface area contributed by atoms with Crippen molar-refractivity contribution in [1.82, 2.24) is 20.2 Å². The van der Waals surface area contributed by atoms with Crippen LogP contribution in [-0.2, 0) is 20.9 Å². The molecule has 3 atom stereocenters. The van der Waals surface area contributed by atoms with Crippen LogP contribution in [0.3, 0.4) is 0 Å². The lowest BCUT2D eigenvalue weighted by Crippen LogP contribution is -2.50. The second kappa shape index (κ2) is 10.1. The molecule has 150 valence electrons. The zero-order chi connectivity index (χ0) is 19.8. The molecule has 2 rings (SSSR count). The summed E-state index contributed by atoms with van der Waals surface area (Å²) in [6.45, 7) is 2.80. The van der Waals surface area contributed by atoms with Gasteiger partial charge in [0.05, 0.1) is 12.1 Å². The first kappa shape index (κ1) is 20.9. The molecule has 1 aliphatic rings. The molecule has 1 aromatic heterocycles. The first-order valence-electron chi connectivity index (χ1n) is 9.34. The van der Waals surface area contributed by atoms with Crippen molar-refractivity contribution >= 4 is 11.8 Å². The van der Waals surface area contributed by atoms with Crippen molar-refractivity contribution < 1.29 is 14.3 Å². The van der Waals surface area contributed by atoms with Crippen LogP contribution in [0.25, 0.3) is 0 Å². The molecule has 0 bridgehead atoms. The third-order valence-corrected chi connectivity index (χ3v) is 4.83. The van der Waals surface area contributed by atoms with Gasteiger partial charge in [-0.25, -0.2) is 4.79 Å². The van der Waals surface area contributed by atoms with Gasteiger partial charge >= 0.3 is 5.69 Å². The molecule has 1 aliphatic carbocycles. The fourth-order valence-corrected chi connectivity index (χ4v) is 3.33. The molecular formula is C18H28N4O5. The summed E-state index contributed by atoms with van der Waals surface area (Å²) in [5.74, 6) is -0.352. The van der Waals surface area contributed by atoms with Gasteiger partial charge in [0, 0.05) is 44.8 Å². The molecule has 3 N–H and O–H groups in total. The van der Waals surface area contributed by atoms with Gasteiger partial charge < -0.3 is 19.9 Å². The predicted octanol–water partition coefficient (Wildman–Crippen LogP) is -0.247. The molecule has 0 unspecified atom stereocenters. The fourth-order valence-electron chi connectivity index (χ4n) is 3.33. The number of aromatic amines is 1. The monoisotopic (exact) mass is 380 g/mol. The van der Waals surface area contributed by atoms with E-state index in [4.69, 9.17) is 4.74 Å². The molecular weight excluding hydrogens is 352 g/mol. The number of ether oxygens (including phenoxy) is 1. The van der Waals surface area contributed by atoms with Crippen molar-refractivity contribution in [3.05, 3.63) is 33.1 Å². The largest absolute Gasteiger partial charge is 0.379 e. The average Bonchev–Trinajstić information content (AvgIpc) is 2.65. The van der Waals surface area contributed by atoms with Crippen LogP contribution < -0.4 is 21.9 Å². The quantitative estimate of drug-likeness (QED) is 0.574. The maximum Gasteiger partial charge on any atom is 0.328 e. The molecule has 9 heteroatoms. The number of aromatic nitrogens is 2. The summed E-state index contributed by atoms with van der Waals surface area (Å²) < 4.78 is 6.74. The maximum absolute atomic E-state index is 12.3. The van der Waals surface area contributed by atoms with Gasteiger partial charge in [-0.3, -0.25) is 19.4 Å². The van der Waals surface area contributed by atoms with E-state index in [9.17, 15) is 19.2 Å². The molecule has 27 heavy (non-hydrogen) atoms. The number of nitrogens with zero attached hydrogens (tertiary/aromatic N) is 1. The summed E-state index contributed by atoms with van der Waals surface area (Å²) >= 11 is 0. The zero-order valence-electron chi connectivity index (χ0n) is 15.8. The van der Waals surface area contributed by atoms with Crippen LogP contribution in [0.1, 0.15) is 39.0 Å². The van der Waals surface area contributed by atoms with E-state index < -0.39 is 11.2 Å². The highest BCUT2D eigenvalue weighted by Crippen LogP contribution is 2.26. The van der Waals surface area contributed by atoms with Crippen LogP contribution >= 0.6 is 0 Å². The second-order valence-corrected chi connectivity index (χ2v) is 6.80. The molecule has 0 radical (unpaired) electrons. The van der Waals surface area contributed by atoms with Crippen LogP contribution in [0, 0.1) is 5.92 Å². The highest BCUT2D eigenvalue weighted by atomic mass is 16.5. The minimum atomic E-state index is -0.546. The Morgan fingerprint density at radius 3 is 2.78 bits per heavy atom. The van der Waals surface area contributed by atoms with Gasteiger partial charge in [0.2, 0.25) is 11.8 Å². The van der Waals surface area contributed by atoms with Crippen molar-refractivity contribution in [1.29, 1.82) is 0 Å². The summed E-state index contributed by atoms with van der Waals surface area (Å²) in [6, 6.07) is 0.988. The van der Waals surface area contributed by atoms with E-state index in [2.05, 4.69) is 15.6 Å². The minimum Gasteiger partial charge on any atom is -0.379 e. The van der Waals surface area contributed by atoms with Crippen LogP contribution in [0.15, 0.2) is 21.9 Å². The van der Waals surface area contributed by atoms with Crippen molar-refractivity contribution in [3.8, 4) is 0 Å². The Morgan fingerprint density at radius 1 is 1.33 bits per heavy atom. The van der Waals surface area contributed by atoms with Gasteiger partial charge in [-0.05, 0) is 25.7 Å². The van der Waals surface area contributed by atoms with Gasteiger partial charge in [-0.1, -0.05) is 6.92 Å². The number of H-pyrrole nitrogens is 1. The molecule has 2 amide bonds. The predicted molar refractivity (Wildman–Crippen MR) is 99.3 cm³/mol. The third-order valence-electron chi connectivity index (χ3n) is 4.83. The van der Waals surface area contributed by atoms with E-state index in [0.717, 1.165) is 12.8 Å². The highest BCUT2D eigenvalue weighted by Gasteiger charge is 2.34. The molecule has 0 aliphatic heterocycles. The van der Waals surface area contributed by atoms with Gasteiger partial charge in [-0.15, -0.1) is 0 Å². The Bertz CT molecular complexity index is 757. The summed E-state index contributed by atoms with van der Waals surface area (Å²) in [5.41, 5.74) is -1.02. The molecule has 9 nitrogen and oxygen atoms in total. The fraction of sp³-hybridized carbons (Fsp3) is 0.667. The number of aryl methyl sites for hydroxylation is 1. The van der Waals surface area contributed by atoms with Crippen molar-refractivity contribution in [2.75, 3.05) is 13.7 Å². The normalized spacial score (nSPS) is 22.2. The van der Waals surface area contributed by atoms with Gasteiger partial charge in [0.25, 0.3) is 5.56 Å². The summed E-state index contributed by atoms with van der Waals surface area (Å²) in [7, 11) is 1.60. The van der Waals surface area contributed by atoms with Crippen LogP contribution in [0.2, 0.25) is 0 Å². The highest BCUT2D eigenvalue weighted by molar-refractivity contribution is 5.79. The molecule has 0 saturated heterocycles. The number of hydrogen-bond acceptors (Lipinski definition) is 5. The van der Waals surface area contributed by atoms with Crippen LogP contribution in [-0.4, -0.2) is 47.2 Å². The molecule has 1 fully saturated rings. The number of rotatable bonds is 8. The Balaban J connectivity index is 1.91. The lowest BCUT2D eigenvalue weighted by atomic mass is 9.83. The molecule has 0 aromatic carbocycles. The van der Waals surface area contributed by atoms with Gasteiger partial charge in [-0.2, -0.15) is 0 Å². The summed E-state index contributed by atoms with van der Waals surface area (Å²) in [4.78, 5) is 49.4. The van der Waals surface area contributed by atoms with Gasteiger partial charge in [0.15, 0.2) is 0 Å². The smallest absolute Gasteiger partial charge is 0.328 e. The number of carbonyl (C=O) groups is 2. The van der Waals surface area contributed by atoms with E-state index in [1.807, 2.05) is 6.92 Å². The number of nitrogens with one attached hydrogen (secondary N) is 3. The van der Waals surface area contributed by atoms with Crippen molar-refractivity contribution in [3.63, 3.8) is 0 Å². The Hall–Kier alpha value is -2.42. The van der Waals surface area contributed by atoms with E-state index in [0.29, 0.717) is 19.4 Å². The summed E-state index contributed by atoms with van der Waals surface area (Å²) in [5, 5.41) is 5.84. The minimum absolute atomic E-state index is 0.0189. The molecule has 1 aromatic rings. The maximum atomic E-state index is 12.3. The average molecular weight is 380 g/mol. The second-order valence-electron chi connectivity index (χ2n) is 6.80. The van der Waals surface area contributed by atoms with E-state index in [-0.39, 0.29) is 42.8 Å². The third kappa shape index (κ3) is 6.06. The Kier molecular flexibility index (Phi) is 7.78. The molecule has 0 spiro atoms. The standard InChI is InChI=1S/C18H28N4O5/c1-3-8-19-17(25)12-4-5-14(27-2)13(11-12)20-15(23)6-9-22-10-7-16(24)21-18(22)26/h7,10,12-14H,3-6,8-9,11H2,1-2H3,(H,19,25)(H,20,23)(H,21,24,26)/t12-,13+,14+/m0/s1. The van der Waals surface area contributed by atoms with E-state index in [1.165, 1.54) is 16.8 Å². The number of amides is 2. The van der Waals surface area contributed by atoms with Crippen molar-refractivity contribution in [2.24, 2.45) is 5.92 Å². The first-order chi connectivity index (χ1) is 12.9. The Labute approximate surface area is 157 Å². The number of carbonyl (C=O) groups excluding carboxylic acids is 2. The molecule has 1 heterocycles.